The fourth-order valence-corrected chi connectivity index (χ4v) is 10.6. The van der Waals surface area contributed by atoms with Crippen molar-refractivity contribution in [3.05, 3.63) is 119 Å². The molecule has 2 radical (unpaired) electrons. The minimum Gasteiger partial charge on any atom is -0.507 e. The van der Waals surface area contributed by atoms with Gasteiger partial charge in [0.2, 0.25) is 0 Å². The van der Waals surface area contributed by atoms with Gasteiger partial charge in [-0.2, -0.15) is 0 Å². The van der Waals surface area contributed by atoms with Crippen LogP contribution in [0.15, 0.2) is 97.1 Å². The summed E-state index contributed by atoms with van der Waals surface area (Å²) in [7, 11) is -0.657. The quantitative estimate of drug-likeness (QED) is 0.202. The van der Waals surface area contributed by atoms with Gasteiger partial charge in [0, 0.05) is 16.2 Å². The standard InChI is InChI=1S/C33H37O2PSi/c1-32(2,3)25-17-19-27(34)29(21-25)36(30-22-26(33(4,5)6)18-20-28(30)35)37-31(23-13-9-7-10-14-23)24-15-11-8-12-16-24/h7-22,31,34-35H,1-6H3. The van der Waals surface area contributed by atoms with Crippen LogP contribution in [0.3, 0.4) is 0 Å². The first-order valence-corrected chi connectivity index (χ1v) is 16.0. The Labute approximate surface area is 225 Å². The van der Waals surface area contributed by atoms with Crippen LogP contribution in [0, 0.1) is 0 Å². The molecule has 190 valence electrons. The second-order valence-electron chi connectivity index (χ2n) is 11.6. The Balaban J connectivity index is 1.95. The Kier molecular flexibility index (Phi) is 7.97. The number of phenols is 2. The van der Waals surface area contributed by atoms with Crippen molar-refractivity contribution in [1.82, 2.24) is 0 Å². The zero-order valence-electron chi connectivity index (χ0n) is 22.7. The van der Waals surface area contributed by atoms with Crippen molar-refractivity contribution in [3.8, 4) is 11.5 Å². The van der Waals surface area contributed by atoms with Crippen molar-refractivity contribution in [2.24, 2.45) is 0 Å². The van der Waals surface area contributed by atoms with Crippen LogP contribution in [0.5, 0.6) is 11.5 Å². The van der Waals surface area contributed by atoms with Gasteiger partial charge in [-0.3, -0.25) is 0 Å². The first-order chi connectivity index (χ1) is 17.4. The molecular weight excluding hydrogens is 487 g/mol. The maximum atomic E-state index is 11.2. The summed E-state index contributed by atoms with van der Waals surface area (Å²) >= 11 is 0. The fourth-order valence-electron chi connectivity index (χ4n) is 4.37. The third kappa shape index (κ3) is 6.34. The molecule has 0 spiro atoms. The lowest BCUT2D eigenvalue weighted by Gasteiger charge is -2.29. The normalized spacial score (nSPS) is 12.3. The van der Waals surface area contributed by atoms with Gasteiger partial charge in [-0.1, -0.05) is 122 Å². The van der Waals surface area contributed by atoms with Crippen molar-refractivity contribution >= 4 is 27.3 Å². The average Bonchev–Trinajstić information content (AvgIpc) is 2.86. The minimum atomic E-state index is -1.08. The number of rotatable bonds is 6. The zero-order chi connectivity index (χ0) is 26.8. The Morgan fingerprint density at radius 1 is 0.568 bits per heavy atom. The van der Waals surface area contributed by atoms with E-state index in [4.69, 9.17) is 0 Å². The van der Waals surface area contributed by atoms with Crippen LogP contribution in [-0.4, -0.2) is 19.4 Å². The summed E-state index contributed by atoms with van der Waals surface area (Å²) in [6.07, 6.45) is 0. The molecule has 4 aromatic carbocycles. The van der Waals surface area contributed by atoms with E-state index in [0.29, 0.717) is 20.7 Å². The molecule has 4 rings (SSSR count). The first-order valence-electron chi connectivity index (χ1n) is 12.8. The summed E-state index contributed by atoms with van der Waals surface area (Å²) < 4.78 is 0. The molecule has 0 aliphatic carbocycles. The number of phenolic OH excluding ortho intramolecular Hbond substituents is 2. The molecule has 0 aliphatic rings. The first kappa shape index (κ1) is 27.2. The lowest BCUT2D eigenvalue weighted by Crippen LogP contribution is -2.25. The molecule has 0 unspecified atom stereocenters. The summed E-state index contributed by atoms with van der Waals surface area (Å²) in [5.74, 6) is 0.596. The van der Waals surface area contributed by atoms with Crippen molar-refractivity contribution < 1.29 is 10.2 Å². The SMILES string of the molecule is CC(C)(C)c1ccc(O)c(P([Si]C(c2ccccc2)c2ccccc2)c2cc(C(C)(C)C)ccc2O)c1. The lowest BCUT2D eigenvalue weighted by molar-refractivity contribution is 0.478. The maximum absolute atomic E-state index is 11.2. The molecule has 0 fully saturated rings. The summed E-state index contributed by atoms with van der Waals surface area (Å²) in [6, 6.07) is 33.3. The van der Waals surface area contributed by atoms with Gasteiger partial charge in [-0.25, -0.2) is 0 Å². The molecule has 0 atom stereocenters. The van der Waals surface area contributed by atoms with Gasteiger partial charge in [-0.05, 0) is 57.3 Å². The summed E-state index contributed by atoms with van der Waals surface area (Å²) in [5.41, 5.74) is 4.89. The summed E-state index contributed by atoms with van der Waals surface area (Å²) in [4.78, 5) is 0. The largest absolute Gasteiger partial charge is 0.507 e. The van der Waals surface area contributed by atoms with E-state index in [0.717, 1.165) is 10.6 Å². The number of hydrogen-bond donors (Lipinski definition) is 2. The van der Waals surface area contributed by atoms with Crippen LogP contribution in [-0.2, 0) is 10.8 Å². The Morgan fingerprint density at radius 2 is 0.946 bits per heavy atom. The number of benzene rings is 4. The average molecular weight is 525 g/mol. The van der Waals surface area contributed by atoms with Gasteiger partial charge in [0.1, 0.15) is 20.7 Å². The molecule has 0 saturated carbocycles. The minimum absolute atomic E-state index is 0.0554. The van der Waals surface area contributed by atoms with E-state index in [1.54, 1.807) is 0 Å². The molecule has 0 aromatic heterocycles. The van der Waals surface area contributed by atoms with Gasteiger partial charge < -0.3 is 10.2 Å². The van der Waals surface area contributed by atoms with Crippen molar-refractivity contribution in [3.63, 3.8) is 0 Å². The molecule has 2 nitrogen and oxygen atoms in total. The highest BCUT2D eigenvalue weighted by Gasteiger charge is 2.29. The second-order valence-corrected chi connectivity index (χ2v) is 16.2. The predicted octanol–water partition coefficient (Wildman–Crippen LogP) is 7.53. The Hall–Kier alpha value is -2.87. The van der Waals surface area contributed by atoms with E-state index in [9.17, 15) is 10.2 Å². The van der Waals surface area contributed by atoms with Gasteiger partial charge in [0.25, 0.3) is 0 Å². The summed E-state index contributed by atoms with van der Waals surface area (Å²) in [5, 5.41) is 24.4. The van der Waals surface area contributed by atoms with Crippen molar-refractivity contribution in [2.75, 3.05) is 0 Å². The highest BCUT2D eigenvalue weighted by molar-refractivity contribution is 7.97. The highest BCUT2D eigenvalue weighted by Crippen LogP contribution is 2.45. The van der Waals surface area contributed by atoms with E-state index in [1.165, 1.54) is 22.3 Å². The molecule has 0 saturated heterocycles. The van der Waals surface area contributed by atoms with Gasteiger partial charge >= 0.3 is 0 Å². The Bertz CT molecular complexity index is 1240. The molecule has 4 heteroatoms. The van der Waals surface area contributed by atoms with Crippen LogP contribution in [0.1, 0.15) is 69.3 Å². The molecular formula is C33H37O2PSi. The summed E-state index contributed by atoms with van der Waals surface area (Å²) in [6.45, 7) is 13.2. The van der Waals surface area contributed by atoms with Crippen LogP contribution < -0.4 is 10.6 Å². The third-order valence-corrected chi connectivity index (χ3v) is 12.5. The van der Waals surface area contributed by atoms with Gasteiger partial charge in [-0.15, -0.1) is 0 Å². The third-order valence-electron chi connectivity index (χ3n) is 6.69. The monoisotopic (exact) mass is 524 g/mol. The molecule has 0 aliphatic heterocycles. The molecule has 2 N–H and O–H groups in total. The van der Waals surface area contributed by atoms with Crippen molar-refractivity contribution in [1.29, 1.82) is 0 Å². The van der Waals surface area contributed by atoms with Crippen molar-refractivity contribution in [2.45, 2.75) is 57.9 Å². The highest BCUT2D eigenvalue weighted by atomic mass is 31.4. The number of hydrogen-bond acceptors (Lipinski definition) is 2. The van der Waals surface area contributed by atoms with Gasteiger partial charge in [0.05, 0.1) is 0 Å². The van der Waals surface area contributed by atoms with Crippen LogP contribution >= 0.6 is 7.47 Å². The molecule has 0 heterocycles. The predicted molar refractivity (Wildman–Crippen MR) is 160 cm³/mol. The van der Waals surface area contributed by atoms with Gasteiger partial charge in [0.15, 0.2) is 0 Å². The van der Waals surface area contributed by atoms with E-state index < -0.39 is 7.47 Å². The van der Waals surface area contributed by atoms with E-state index in [1.807, 2.05) is 24.3 Å². The topological polar surface area (TPSA) is 40.5 Å². The molecule has 37 heavy (non-hydrogen) atoms. The fraction of sp³-hybridized carbons (Fsp3) is 0.273. The lowest BCUT2D eigenvalue weighted by atomic mass is 9.87. The second kappa shape index (κ2) is 10.9. The van der Waals surface area contributed by atoms with Crippen LogP contribution in [0.25, 0.3) is 0 Å². The molecule has 4 aromatic rings. The van der Waals surface area contributed by atoms with E-state index in [-0.39, 0.29) is 16.4 Å². The molecule has 0 bridgehead atoms. The van der Waals surface area contributed by atoms with E-state index in [2.05, 4.69) is 114 Å². The van der Waals surface area contributed by atoms with E-state index >= 15 is 0 Å². The zero-order valence-corrected chi connectivity index (χ0v) is 24.6. The molecule has 0 amide bonds. The number of aromatic hydroxyl groups is 2. The van der Waals surface area contributed by atoms with Crippen LogP contribution in [0.4, 0.5) is 0 Å². The maximum Gasteiger partial charge on any atom is 0.123 e. The Morgan fingerprint density at radius 3 is 1.30 bits per heavy atom. The smallest absolute Gasteiger partial charge is 0.123 e. The van der Waals surface area contributed by atoms with Crippen LogP contribution in [0.2, 0.25) is 0 Å².